The molecule has 0 amide bonds. The van der Waals surface area contributed by atoms with Gasteiger partial charge >= 0.3 is 0 Å². The fourth-order valence-electron chi connectivity index (χ4n) is 0.849. The van der Waals surface area contributed by atoms with Gasteiger partial charge in [0.2, 0.25) is 0 Å². The van der Waals surface area contributed by atoms with E-state index in [1.54, 1.807) is 24.3 Å². The molecule has 0 saturated heterocycles. The Morgan fingerprint density at radius 2 is 1.35 bits per heavy atom. The maximum absolute atomic E-state index is 5.41. The summed E-state index contributed by atoms with van der Waals surface area (Å²) >= 11 is 12.2. The average Bonchev–Trinajstić information content (AvgIpc) is 2.28. The van der Waals surface area contributed by atoms with E-state index in [0.29, 0.717) is 5.69 Å². The van der Waals surface area contributed by atoms with Crippen LogP contribution >= 0.6 is 37.9 Å². The second kappa shape index (κ2) is 9.34. The van der Waals surface area contributed by atoms with Crippen LogP contribution in [-0.2, 0) is 32.7 Å². The smallest absolute Gasteiger partial charge is 0 e. The quantitative estimate of drug-likeness (QED) is 0.326. The molecule has 0 saturated carbocycles. The van der Waals surface area contributed by atoms with Crippen LogP contribution in [-0.4, -0.2) is 0 Å². The predicted octanol–water partition coefficient (Wildman–Crippen LogP) is 3.42. The van der Waals surface area contributed by atoms with Gasteiger partial charge in [0.1, 0.15) is 0 Å². The molecule has 0 aromatic heterocycles. The Morgan fingerprint density at radius 1 is 0.824 bits per heavy atom. The van der Waals surface area contributed by atoms with Gasteiger partial charge in [0.25, 0.3) is 0 Å². The number of anilines is 1. The predicted molar refractivity (Wildman–Crippen MR) is 76.7 cm³/mol. The summed E-state index contributed by atoms with van der Waals surface area (Å²) in [5.41, 5.74) is 6.09. The summed E-state index contributed by atoms with van der Waals surface area (Å²) in [6, 6.07) is 16.4. The van der Waals surface area contributed by atoms with E-state index < -0.39 is 0 Å². The van der Waals surface area contributed by atoms with Crippen molar-refractivity contribution in [2.45, 2.75) is 14.7 Å². The van der Waals surface area contributed by atoms with Crippen LogP contribution in [0.1, 0.15) is 0 Å². The van der Waals surface area contributed by atoms with E-state index in [1.165, 1.54) is 0 Å². The first-order valence-corrected chi connectivity index (χ1v) is 5.78. The maximum atomic E-state index is 5.41. The van der Waals surface area contributed by atoms with Crippen LogP contribution in [0, 0.1) is 12.1 Å². The molecule has 2 aromatic carbocycles. The van der Waals surface area contributed by atoms with Crippen LogP contribution in [0.2, 0.25) is 0 Å². The Hall–Kier alpha value is 0.394. The van der Waals surface area contributed by atoms with Gasteiger partial charge in [0, 0.05) is 32.7 Å². The van der Waals surface area contributed by atoms with Gasteiger partial charge in [-0.3, -0.25) is 0 Å². The Morgan fingerprint density at radius 3 is 1.65 bits per heavy atom. The van der Waals surface area contributed by atoms with Crippen molar-refractivity contribution in [1.29, 1.82) is 0 Å². The van der Waals surface area contributed by atoms with Crippen LogP contribution in [0.15, 0.2) is 51.1 Å². The fraction of sp³-hybridized carbons (Fsp3) is 0. The second-order valence-corrected chi connectivity index (χ2v) is 4.35. The van der Waals surface area contributed by atoms with E-state index >= 15 is 0 Å². The number of thiol groups is 3. The van der Waals surface area contributed by atoms with Gasteiger partial charge in [0.15, 0.2) is 0 Å². The van der Waals surface area contributed by atoms with Gasteiger partial charge in [-0.15, -0.1) is 0 Å². The van der Waals surface area contributed by atoms with Crippen LogP contribution < -0.4 is 5.73 Å². The van der Waals surface area contributed by atoms with Gasteiger partial charge < -0.3 is 5.73 Å². The number of nitrogens with two attached hydrogens (primary N) is 1. The Bertz CT molecular complexity index is 378. The number of benzene rings is 2. The van der Waals surface area contributed by atoms with Crippen LogP contribution in [0.4, 0.5) is 5.69 Å². The molecule has 0 heterocycles. The second-order valence-electron chi connectivity index (χ2n) is 2.90. The first kappa shape index (κ1) is 17.4. The zero-order valence-electron chi connectivity index (χ0n) is 8.96. The molecule has 87 valence electrons. The summed E-state index contributed by atoms with van der Waals surface area (Å²) in [6.45, 7) is 0. The van der Waals surface area contributed by atoms with E-state index in [4.69, 9.17) is 5.73 Å². The fourth-order valence-corrected chi connectivity index (χ4v) is 1.28. The Kier molecular flexibility index (Phi) is 9.56. The van der Waals surface area contributed by atoms with Gasteiger partial charge in [-0.2, -0.15) is 73.8 Å². The molecule has 1 nitrogen and oxygen atoms in total. The molecule has 0 bridgehead atoms. The molecule has 0 atom stereocenters. The van der Waals surface area contributed by atoms with E-state index in [2.05, 4.69) is 50.0 Å². The molecule has 1 radical (unpaired) electrons. The molecule has 2 N–H and O–H groups in total. The summed E-state index contributed by atoms with van der Waals surface area (Å²) in [6.07, 6.45) is 0. The molecule has 0 aliphatic carbocycles. The molecular formula is C12H11NS3Y-2. The molecule has 0 unspecified atom stereocenters. The van der Waals surface area contributed by atoms with E-state index in [-0.39, 0.29) is 32.7 Å². The van der Waals surface area contributed by atoms with Crippen molar-refractivity contribution in [2.24, 2.45) is 0 Å². The molecule has 2 aromatic rings. The van der Waals surface area contributed by atoms with Gasteiger partial charge in [0.05, 0.1) is 0 Å². The molecule has 0 aliphatic heterocycles. The molecule has 17 heavy (non-hydrogen) atoms. The third-order valence-electron chi connectivity index (χ3n) is 1.69. The number of hydrogen-bond donors (Lipinski definition) is 4. The van der Waals surface area contributed by atoms with E-state index in [9.17, 15) is 0 Å². The molecule has 0 fully saturated rings. The van der Waals surface area contributed by atoms with Crippen molar-refractivity contribution in [2.75, 3.05) is 5.73 Å². The standard InChI is InChI=1S/C6H6NS.C6H5S2.Y/c2*7-5-3-1-2-4-6(5)8;/h2-4,8H,7H2;1,3-4,7-8H;/q2*-1;. The summed E-state index contributed by atoms with van der Waals surface area (Å²) in [4.78, 5) is 2.58. The van der Waals surface area contributed by atoms with E-state index in [1.807, 2.05) is 12.1 Å². The van der Waals surface area contributed by atoms with Crippen molar-refractivity contribution in [3.05, 3.63) is 48.5 Å². The van der Waals surface area contributed by atoms with Crippen LogP contribution in [0.3, 0.4) is 0 Å². The normalized spacial score (nSPS) is 8.65. The molecule has 0 spiro atoms. The van der Waals surface area contributed by atoms with Crippen molar-refractivity contribution in [3.63, 3.8) is 0 Å². The molecule has 0 aliphatic rings. The third-order valence-corrected chi connectivity index (χ3v) is 3.04. The summed E-state index contributed by atoms with van der Waals surface area (Å²) < 4.78 is 0. The monoisotopic (exact) mass is 354 g/mol. The van der Waals surface area contributed by atoms with Crippen molar-refractivity contribution >= 4 is 43.6 Å². The minimum Gasteiger partial charge on any atom is -0.449 e. The summed E-state index contributed by atoms with van der Waals surface area (Å²) in [7, 11) is 0. The largest absolute Gasteiger partial charge is 0.449 e. The average molecular weight is 354 g/mol. The van der Waals surface area contributed by atoms with Crippen molar-refractivity contribution < 1.29 is 32.7 Å². The Balaban J connectivity index is 0.000000284. The first-order valence-electron chi connectivity index (χ1n) is 4.44. The van der Waals surface area contributed by atoms with Gasteiger partial charge in [-0.1, -0.05) is 20.4 Å². The topological polar surface area (TPSA) is 26.0 Å². The molecule has 2 rings (SSSR count). The van der Waals surface area contributed by atoms with Crippen molar-refractivity contribution in [3.8, 4) is 0 Å². The Labute approximate surface area is 144 Å². The van der Waals surface area contributed by atoms with Crippen LogP contribution in [0.25, 0.3) is 0 Å². The SMILES string of the molecule is Nc1c[c-]ccc1S.Sc1c[c-]ccc1S.[Y]. The number of nitrogen functional groups attached to an aromatic ring is 1. The zero-order valence-corrected chi connectivity index (χ0v) is 14.5. The number of hydrogen-bond acceptors (Lipinski definition) is 4. The van der Waals surface area contributed by atoms with Gasteiger partial charge in [-0.25, -0.2) is 12.6 Å². The minimum atomic E-state index is 0. The van der Waals surface area contributed by atoms with Gasteiger partial charge in [-0.05, 0) is 0 Å². The molecule has 5 heteroatoms. The van der Waals surface area contributed by atoms with Crippen molar-refractivity contribution in [1.82, 2.24) is 0 Å². The minimum absolute atomic E-state index is 0. The summed E-state index contributed by atoms with van der Waals surface area (Å²) in [5.74, 6) is 0. The van der Waals surface area contributed by atoms with Crippen LogP contribution in [0.5, 0.6) is 0 Å². The maximum Gasteiger partial charge on any atom is 0 e. The summed E-state index contributed by atoms with van der Waals surface area (Å²) in [5, 5.41) is 0. The first-order chi connectivity index (χ1) is 7.61. The zero-order chi connectivity index (χ0) is 12.0. The van der Waals surface area contributed by atoms with E-state index in [0.717, 1.165) is 14.7 Å². The molecular weight excluding hydrogens is 343 g/mol. The third kappa shape index (κ3) is 6.77. The number of rotatable bonds is 0.